The smallest absolute Gasteiger partial charge is 0.408 e. The van der Waals surface area contributed by atoms with Crippen LogP contribution in [0.25, 0.3) is 11.1 Å². The lowest BCUT2D eigenvalue weighted by Crippen LogP contribution is -2.31. The normalized spacial score (nSPS) is 11.5. The number of rotatable bonds is 7. The predicted molar refractivity (Wildman–Crippen MR) is 127 cm³/mol. The Bertz CT molecular complexity index is 1480. The number of aromatic nitrogens is 1. The van der Waals surface area contributed by atoms with Crippen LogP contribution in [0.1, 0.15) is 6.92 Å². The first kappa shape index (κ1) is 22.6. The van der Waals surface area contributed by atoms with Crippen LogP contribution in [0.5, 0.6) is 0 Å². The molecular weight excluding hydrogens is 466 g/mol. The number of amides is 1. The summed E-state index contributed by atoms with van der Waals surface area (Å²) in [5.74, 6) is -1.23. The van der Waals surface area contributed by atoms with E-state index in [1.807, 2.05) is 0 Å². The third-order valence-corrected chi connectivity index (χ3v) is 7.24. The lowest BCUT2D eigenvalue weighted by Gasteiger charge is -2.23. The molecule has 1 amide bonds. The van der Waals surface area contributed by atoms with Gasteiger partial charge in [-0.3, -0.25) is 13.7 Å². The van der Waals surface area contributed by atoms with Gasteiger partial charge in [0.25, 0.3) is 10.0 Å². The Morgan fingerprint density at radius 2 is 1.76 bits per heavy atom. The lowest BCUT2D eigenvalue weighted by atomic mass is 10.3. The van der Waals surface area contributed by atoms with Crippen molar-refractivity contribution in [1.82, 2.24) is 4.57 Å². The van der Waals surface area contributed by atoms with E-state index in [1.165, 1.54) is 27.1 Å². The van der Waals surface area contributed by atoms with E-state index in [0.29, 0.717) is 16.8 Å². The van der Waals surface area contributed by atoms with E-state index in [2.05, 4.69) is 5.32 Å². The molecule has 0 saturated heterocycles. The van der Waals surface area contributed by atoms with Crippen LogP contribution >= 0.6 is 11.6 Å². The standard InChI is InChI=1S/C23H20ClN3O5S/c1-2-27(16-8-4-3-5-9-16)33(30,31)17-12-13-18(24)19(14-17)25-22(28)15-26-20-10-6-7-11-21(20)32-23(26)29/h3-14H,2,15H2,1H3,(H,25,28). The van der Waals surface area contributed by atoms with Gasteiger partial charge in [-0.05, 0) is 49.4 Å². The summed E-state index contributed by atoms with van der Waals surface area (Å²) in [5, 5.41) is 2.76. The van der Waals surface area contributed by atoms with Crippen molar-refractivity contribution in [2.75, 3.05) is 16.2 Å². The molecule has 8 nitrogen and oxygen atoms in total. The van der Waals surface area contributed by atoms with Gasteiger partial charge in [0.15, 0.2) is 5.58 Å². The fraction of sp³-hybridized carbons (Fsp3) is 0.130. The summed E-state index contributed by atoms with van der Waals surface area (Å²) >= 11 is 6.22. The van der Waals surface area contributed by atoms with Crippen LogP contribution < -0.4 is 15.4 Å². The Morgan fingerprint density at radius 3 is 2.48 bits per heavy atom. The molecule has 170 valence electrons. The monoisotopic (exact) mass is 485 g/mol. The van der Waals surface area contributed by atoms with Gasteiger partial charge in [-0.1, -0.05) is 41.9 Å². The highest BCUT2D eigenvalue weighted by atomic mass is 35.5. The van der Waals surface area contributed by atoms with Crippen LogP contribution in [0.15, 0.2) is 86.9 Å². The summed E-state index contributed by atoms with van der Waals surface area (Å²) in [7, 11) is -3.91. The second-order valence-electron chi connectivity index (χ2n) is 7.12. The number of nitrogens with one attached hydrogen (secondary N) is 1. The van der Waals surface area contributed by atoms with Crippen molar-refractivity contribution in [3.8, 4) is 0 Å². The zero-order valence-electron chi connectivity index (χ0n) is 17.6. The molecule has 0 bridgehead atoms. The first-order valence-corrected chi connectivity index (χ1v) is 11.9. The molecule has 0 aliphatic carbocycles. The Kier molecular flexibility index (Phi) is 6.26. The number of hydrogen-bond donors (Lipinski definition) is 1. The summed E-state index contributed by atoms with van der Waals surface area (Å²) in [6, 6.07) is 19.5. The molecule has 4 rings (SSSR count). The molecule has 3 aromatic carbocycles. The largest absolute Gasteiger partial charge is 0.420 e. The zero-order valence-corrected chi connectivity index (χ0v) is 19.1. The van der Waals surface area contributed by atoms with Gasteiger partial charge in [-0.15, -0.1) is 0 Å². The van der Waals surface area contributed by atoms with Crippen molar-refractivity contribution < 1.29 is 17.6 Å². The fourth-order valence-electron chi connectivity index (χ4n) is 3.47. The molecule has 0 aliphatic rings. The van der Waals surface area contributed by atoms with Gasteiger partial charge in [0.05, 0.1) is 26.8 Å². The van der Waals surface area contributed by atoms with Gasteiger partial charge in [0, 0.05) is 6.54 Å². The fourth-order valence-corrected chi connectivity index (χ4v) is 5.14. The quantitative estimate of drug-likeness (QED) is 0.424. The zero-order chi connectivity index (χ0) is 23.6. The van der Waals surface area contributed by atoms with Gasteiger partial charge < -0.3 is 9.73 Å². The summed E-state index contributed by atoms with van der Waals surface area (Å²) in [5.41, 5.74) is 1.47. The molecule has 0 aliphatic heterocycles. The topological polar surface area (TPSA) is 102 Å². The number of sulfonamides is 1. The molecule has 0 fully saturated rings. The maximum absolute atomic E-state index is 13.3. The highest BCUT2D eigenvalue weighted by molar-refractivity contribution is 7.92. The van der Waals surface area contributed by atoms with Gasteiger partial charge in [0.1, 0.15) is 6.54 Å². The summed E-state index contributed by atoms with van der Waals surface area (Å²) in [4.78, 5) is 24.8. The van der Waals surface area contributed by atoms with E-state index in [1.54, 1.807) is 61.5 Å². The molecule has 33 heavy (non-hydrogen) atoms. The van der Waals surface area contributed by atoms with Crippen molar-refractivity contribution in [3.05, 3.63) is 88.4 Å². The molecule has 0 unspecified atom stereocenters. The van der Waals surface area contributed by atoms with Crippen LogP contribution in [-0.4, -0.2) is 25.4 Å². The molecule has 0 radical (unpaired) electrons. The molecule has 0 spiro atoms. The highest BCUT2D eigenvalue weighted by Crippen LogP contribution is 2.29. The minimum absolute atomic E-state index is 0.0289. The van der Waals surface area contributed by atoms with Gasteiger partial charge in [0.2, 0.25) is 5.91 Å². The van der Waals surface area contributed by atoms with Crippen LogP contribution in [0.3, 0.4) is 0 Å². The highest BCUT2D eigenvalue weighted by Gasteiger charge is 2.25. The number of nitrogens with zero attached hydrogens (tertiary/aromatic N) is 2. The third kappa shape index (κ3) is 4.50. The summed E-state index contributed by atoms with van der Waals surface area (Å²) < 4.78 is 34.1. The Labute approximate surface area is 195 Å². The van der Waals surface area contributed by atoms with Crippen LogP contribution in [0, 0.1) is 0 Å². The molecule has 10 heteroatoms. The van der Waals surface area contributed by atoms with Crippen molar-refractivity contribution >= 4 is 50.0 Å². The van der Waals surface area contributed by atoms with Crippen molar-refractivity contribution in [2.24, 2.45) is 0 Å². The molecule has 0 atom stereocenters. The number of oxazole rings is 1. The van der Waals surface area contributed by atoms with Crippen LogP contribution in [-0.2, 0) is 21.4 Å². The van der Waals surface area contributed by atoms with Gasteiger partial charge >= 0.3 is 5.76 Å². The Morgan fingerprint density at radius 1 is 1.06 bits per heavy atom. The number of carbonyl (C=O) groups excluding carboxylic acids is 1. The molecule has 1 heterocycles. The first-order valence-electron chi connectivity index (χ1n) is 10.1. The van der Waals surface area contributed by atoms with Crippen LogP contribution in [0.4, 0.5) is 11.4 Å². The van der Waals surface area contributed by atoms with E-state index < -0.39 is 21.7 Å². The maximum Gasteiger partial charge on any atom is 0.420 e. The van der Waals surface area contributed by atoms with Gasteiger partial charge in [-0.25, -0.2) is 13.2 Å². The number of halogens is 1. The Hall–Kier alpha value is -3.56. The first-order chi connectivity index (χ1) is 15.8. The number of anilines is 2. The number of fused-ring (bicyclic) bond motifs is 1. The molecular formula is C23H20ClN3O5S. The molecule has 0 saturated carbocycles. The second-order valence-corrected chi connectivity index (χ2v) is 9.39. The van der Waals surface area contributed by atoms with E-state index in [9.17, 15) is 18.0 Å². The van der Waals surface area contributed by atoms with E-state index in [0.717, 1.165) is 0 Å². The van der Waals surface area contributed by atoms with Crippen LogP contribution in [0.2, 0.25) is 5.02 Å². The summed E-state index contributed by atoms with van der Waals surface area (Å²) in [6.07, 6.45) is 0. The number of hydrogen-bond acceptors (Lipinski definition) is 5. The van der Waals surface area contributed by atoms with Crippen molar-refractivity contribution in [2.45, 2.75) is 18.4 Å². The van der Waals surface area contributed by atoms with Gasteiger partial charge in [-0.2, -0.15) is 0 Å². The molecule has 4 aromatic rings. The average molecular weight is 486 g/mol. The third-order valence-electron chi connectivity index (χ3n) is 5.01. The minimum atomic E-state index is -3.91. The van der Waals surface area contributed by atoms with Crippen molar-refractivity contribution in [1.29, 1.82) is 0 Å². The number of carbonyl (C=O) groups is 1. The van der Waals surface area contributed by atoms with E-state index >= 15 is 0 Å². The second kappa shape index (κ2) is 9.13. The number of benzene rings is 3. The van der Waals surface area contributed by atoms with Crippen molar-refractivity contribution in [3.63, 3.8) is 0 Å². The molecule has 1 aromatic heterocycles. The lowest BCUT2D eigenvalue weighted by molar-refractivity contribution is -0.116. The van der Waals surface area contributed by atoms with E-state index in [4.69, 9.17) is 16.0 Å². The predicted octanol–water partition coefficient (Wildman–Crippen LogP) is 4.10. The maximum atomic E-state index is 13.3. The molecule has 1 N–H and O–H groups in total. The Balaban J connectivity index is 1.61. The van der Waals surface area contributed by atoms with E-state index in [-0.39, 0.29) is 28.7 Å². The number of para-hydroxylation sites is 3. The average Bonchev–Trinajstić information content (AvgIpc) is 3.11. The SMILES string of the molecule is CCN(c1ccccc1)S(=O)(=O)c1ccc(Cl)c(NC(=O)Cn2c(=O)oc3ccccc32)c1. The minimum Gasteiger partial charge on any atom is -0.408 e. The summed E-state index contributed by atoms with van der Waals surface area (Å²) in [6.45, 7) is 1.62.